The first-order valence-electron chi connectivity index (χ1n) is 8.00. The lowest BCUT2D eigenvalue weighted by Gasteiger charge is -2.11. The van der Waals surface area contributed by atoms with E-state index >= 15 is 0 Å². The van der Waals surface area contributed by atoms with Gasteiger partial charge in [-0.2, -0.15) is 0 Å². The van der Waals surface area contributed by atoms with Crippen LogP contribution in [0.25, 0.3) is 0 Å². The molecule has 2 amide bonds. The molecule has 2 N–H and O–H groups in total. The van der Waals surface area contributed by atoms with Crippen LogP contribution in [0.3, 0.4) is 0 Å². The molecule has 0 aliphatic rings. The summed E-state index contributed by atoms with van der Waals surface area (Å²) in [5.41, 5.74) is 5.30. The Morgan fingerprint density at radius 2 is 1.77 bits per heavy atom. The molecule has 0 saturated heterocycles. The highest BCUT2D eigenvalue weighted by atomic mass is 16.5. The largest absolute Gasteiger partial charge is 0.493 e. The Bertz CT molecular complexity index is 475. The molecule has 22 heavy (non-hydrogen) atoms. The zero-order chi connectivity index (χ0) is 16.2. The summed E-state index contributed by atoms with van der Waals surface area (Å²) in [7, 11) is 0. The van der Waals surface area contributed by atoms with Gasteiger partial charge in [0.1, 0.15) is 5.75 Å². The summed E-state index contributed by atoms with van der Waals surface area (Å²) in [6.45, 7) is 4.67. The van der Waals surface area contributed by atoms with Crippen LogP contribution in [0.5, 0.6) is 5.75 Å². The van der Waals surface area contributed by atoms with E-state index in [1.807, 2.05) is 13.0 Å². The highest BCUT2D eigenvalue weighted by Crippen LogP contribution is 2.17. The number of hydrazine groups is 1. The fourth-order valence-corrected chi connectivity index (χ4v) is 1.96. The van der Waals surface area contributed by atoms with Gasteiger partial charge in [-0.05, 0) is 25.0 Å². The number of nitrogens with one attached hydrogen (secondary N) is 2. The van der Waals surface area contributed by atoms with Crippen molar-refractivity contribution in [2.24, 2.45) is 0 Å². The van der Waals surface area contributed by atoms with Crippen molar-refractivity contribution in [3.05, 3.63) is 29.8 Å². The quantitative estimate of drug-likeness (QED) is 0.544. The van der Waals surface area contributed by atoms with Crippen LogP contribution in [0.1, 0.15) is 62.7 Å². The molecular formula is C17H26N2O3. The Hall–Kier alpha value is -2.04. The van der Waals surface area contributed by atoms with Crippen molar-refractivity contribution < 1.29 is 14.3 Å². The van der Waals surface area contributed by atoms with Crippen LogP contribution in [0, 0.1) is 0 Å². The molecule has 0 unspecified atom stereocenters. The second-order valence-electron chi connectivity index (χ2n) is 5.16. The number of para-hydroxylation sites is 1. The number of rotatable bonds is 9. The van der Waals surface area contributed by atoms with Gasteiger partial charge in [0, 0.05) is 6.42 Å². The van der Waals surface area contributed by atoms with Gasteiger partial charge in [-0.1, -0.05) is 45.2 Å². The Morgan fingerprint density at radius 3 is 2.50 bits per heavy atom. The molecule has 0 atom stereocenters. The number of carbonyl (C=O) groups excluding carboxylic acids is 2. The van der Waals surface area contributed by atoms with E-state index in [2.05, 4.69) is 17.8 Å². The van der Waals surface area contributed by atoms with Gasteiger partial charge in [0.25, 0.3) is 5.91 Å². The van der Waals surface area contributed by atoms with E-state index in [0.717, 1.165) is 32.1 Å². The van der Waals surface area contributed by atoms with Gasteiger partial charge >= 0.3 is 0 Å². The molecule has 0 radical (unpaired) electrons. The number of hydrogen-bond donors (Lipinski definition) is 2. The number of hydrogen-bond acceptors (Lipinski definition) is 3. The summed E-state index contributed by atoms with van der Waals surface area (Å²) in [4.78, 5) is 23.7. The SMILES string of the molecule is CCCCCCC(=O)NNC(=O)c1ccccc1OCCC. The van der Waals surface area contributed by atoms with Crippen molar-refractivity contribution in [3.8, 4) is 5.75 Å². The predicted molar refractivity (Wildman–Crippen MR) is 86.6 cm³/mol. The number of ether oxygens (including phenoxy) is 1. The minimum absolute atomic E-state index is 0.170. The lowest BCUT2D eigenvalue weighted by atomic mass is 10.1. The second kappa shape index (κ2) is 10.7. The molecule has 0 saturated carbocycles. The first-order chi connectivity index (χ1) is 10.7. The standard InChI is InChI=1S/C17H26N2O3/c1-3-5-6-7-12-16(20)18-19-17(21)14-10-8-9-11-15(14)22-13-4-2/h8-11H,3-7,12-13H2,1-2H3,(H,18,20)(H,19,21). The Kier molecular flexibility index (Phi) is 8.72. The fourth-order valence-electron chi connectivity index (χ4n) is 1.96. The first-order valence-corrected chi connectivity index (χ1v) is 8.00. The average molecular weight is 306 g/mol. The minimum Gasteiger partial charge on any atom is -0.493 e. The van der Waals surface area contributed by atoms with Crippen LogP contribution in [-0.4, -0.2) is 18.4 Å². The molecule has 1 aromatic rings. The van der Waals surface area contributed by atoms with E-state index in [1.165, 1.54) is 0 Å². The molecule has 0 aromatic heterocycles. The van der Waals surface area contributed by atoms with Crippen molar-refractivity contribution >= 4 is 11.8 Å². The molecule has 5 nitrogen and oxygen atoms in total. The lowest BCUT2D eigenvalue weighted by Crippen LogP contribution is -2.41. The fraction of sp³-hybridized carbons (Fsp3) is 0.529. The third kappa shape index (κ3) is 6.61. The van der Waals surface area contributed by atoms with Gasteiger partial charge in [-0.3, -0.25) is 20.4 Å². The highest BCUT2D eigenvalue weighted by molar-refractivity contribution is 5.97. The Labute approximate surface area is 132 Å². The van der Waals surface area contributed by atoms with Crippen molar-refractivity contribution in [2.75, 3.05) is 6.61 Å². The van der Waals surface area contributed by atoms with E-state index < -0.39 is 0 Å². The molecule has 0 aliphatic carbocycles. The summed E-state index contributed by atoms with van der Waals surface area (Å²) in [6, 6.07) is 7.00. The van der Waals surface area contributed by atoms with Crippen LogP contribution >= 0.6 is 0 Å². The molecule has 0 aliphatic heterocycles. The maximum atomic E-state index is 12.1. The summed E-state index contributed by atoms with van der Waals surface area (Å²) < 4.78 is 5.53. The summed E-state index contributed by atoms with van der Waals surface area (Å²) >= 11 is 0. The summed E-state index contributed by atoms with van der Waals surface area (Å²) in [5, 5.41) is 0. The van der Waals surface area contributed by atoms with Crippen molar-refractivity contribution in [2.45, 2.75) is 52.4 Å². The predicted octanol–water partition coefficient (Wildman–Crippen LogP) is 3.21. The summed E-state index contributed by atoms with van der Waals surface area (Å²) in [6.07, 6.45) is 5.42. The number of amides is 2. The topological polar surface area (TPSA) is 67.4 Å². The van der Waals surface area contributed by atoms with Crippen molar-refractivity contribution in [1.82, 2.24) is 10.9 Å². The van der Waals surface area contributed by atoms with Crippen LogP contribution in [0.15, 0.2) is 24.3 Å². The number of benzene rings is 1. The van der Waals surface area contributed by atoms with Gasteiger partial charge < -0.3 is 4.74 Å². The lowest BCUT2D eigenvalue weighted by molar-refractivity contribution is -0.122. The van der Waals surface area contributed by atoms with E-state index in [-0.39, 0.29) is 11.8 Å². The van der Waals surface area contributed by atoms with Crippen LogP contribution in [-0.2, 0) is 4.79 Å². The Morgan fingerprint density at radius 1 is 1.00 bits per heavy atom. The zero-order valence-corrected chi connectivity index (χ0v) is 13.5. The van der Waals surface area contributed by atoms with E-state index in [1.54, 1.807) is 18.2 Å². The van der Waals surface area contributed by atoms with Gasteiger partial charge in [-0.15, -0.1) is 0 Å². The average Bonchev–Trinajstić information content (AvgIpc) is 2.55. The molecule has 122 valence electrons. The first kappa shape index (κ1) is 18.0. The normalized spacial score (nSPS) is 10.1. The smallest absolute Gasteiger partial charge is 0.273 e. The van der Waals surface area contributed by atoms with E-state index in [4.69, 9.17) is 4.74 Å². The molecule has 5 heteroatoms. The maximum absolute atomic E-state index is 12.1. The van der Waals surface area contributed by atoms with Gasteiger partial charge in [0.15, 0.2) is 0 Å². The molecular weight excluding hydrogens is 280 g/mol. The Balaban J connectivity index is 2.43. The van der Waals surface area contributed by atoms with E-state index in [9.17, 15) is 9.59 Å². The maximum Gasteiger partial charge on any atom is 0.273 e. The minimum atomic E-state index is -0.367. The monoisotopic (exact) mass is 306 g/mol. The highest BCUT2D eigenvalue weighted by Gasteiger charge is 2.12. The van der Waals surface area contributed by atoms with Crippen LogP contribution < -0.4 is 15.6 Å². The van der Waals surface area contributed by atoms with Crippen molar-refractivity contribution in [1.29, 1.82) is 0 Å². The third-order valence-electron chi connectivity index (χ3n) is 3.17. The van der Waals surface area contributed by atoms with Gasteiger partial charge in [0.05, 0.1) is 12.2 Å². The summed E-state index contributed by atoms with van der Waals surface area (Å²) in [5.74, 6) is -0.0101. The number of unbranched alkanes of at least 4 members (excludes halogenated alkanes) is 3. The molecule has 1 rings (SSSR count). The zero-order valence-electron chi connectivity index (χ0n) is 13.5. The molecule has 0 fully saturated rings. The number of carbonyl (C=O) groups is 2. The van der Waals surface area contributed by atoms with E-state index in [0.29, 0.717) is 24.3 Å². The molecule has 0 heterocycles. The molecule has 0 bridgehead atoms. The molecule has 0 spiro atoms. The van der Waals surface area contributed by atoms with Crippen LogP contribution in [0.2, 0.25) is 0 Å². The van der Waals surface area contributed by atoms with Crippen LogP contribution in [0.4, 0.5) is 0 Å². The van der Waals surface area contributed by atoms with Gasteiger partial charge in [-0.25, -0.2) is 0 Å². The molecule has 1 aromatic carbocycles. The van der Waals surface area contributed by atoms with Crippen molar-refractivity contribution in [3.63, 3.8) is 0 Å². The van der Waals surface area contributed by atoms with Gasteiger partial charge in [0.2, 0.25) is 5.91 Å². The second-order valence-corrected chi connectivity index (χ2v) is 5.16. The third-order valence-corrected chi connectivity index (χ3v) is 3.17.